The Labute approximate surface area is 202 Å². The number of aldehydes is 1. The predicted molar refractivity (Wildman–Crippen MR) is 126 cm³/mol. The van der Waals surface area contributed by atoms with E-state index < -0.39 is 27.5 Å². The first-order valence-corrected chi connectivity index (χ1v) is 11.0. The van der Waals surface area contributed by atoms with E-state index in [1.807, 2.05) is 6.92 Å². The SMILES string of the molecule is CCCCOc1nc(Cl)c([N+](=O)[O-])c(N(Cc2cccc(C=O)c2)N(C)C(=O)OC(C)(C)C)n1. The molecule has 1 amide bonds. The van der Waals surface area contributed by atoms with Crippen molar-refractivity contribution in [2.45, 2.75) is 52.7 Å². The first kappa shape index (κ1) is 26.8. The summed E-state index contributed by atoms with van der Waals surface area (Å²) in [6.45, 7) is 7.28. The molecule has 1 aromatic heterocycles. The van der Waals surface area contributed by atoms with E-state index in [2.05, 4.69) is 9.97 Å². The van der Waals surface area contributed by atoms with Crippen molar-refractivity contribution < 1.29 is 24.0 Å². The summed E-state index contributed by atoms with van der Waals surface area (Å²) in [5.41, 5.74) is -0.446. The number of rotatable bonds is 10. The molecule has 12 heteroatoms. The van der Waals surface area contributed by atoms with Gasteiger partial charge in [0.2, 0.25) is 11.0 Å². The van der Waals surface area contributed by atoms with Crippen molar-refractivity contribution in [3.63, 3.8) is 0 Å². The van der Waals surface area contributed by atoms with Crippen LogP contribution in [0, 0.1) is 10.1 Å². The maximum atomic E-state index is 12.9. The van der Waals surface area contributed by atoms with Gasteiger partial charge in [-0.3, -0.25) is 19.9 Å². The van der Waals surface area contributed by atoms with E-state index in [1.54, 1.807) is 45.0 Å². The Morgan fingerprint density at radius 1 is 1.29 bits per heavy atom. The van der Waals surface area contributed by atoms with Gasteiger partial charge in [0, 0.05) is 12.6 Å². The number of hydrazine groups is 1. The summed E-state index contributed by atoms with van der Waals surface area (Å²) in [5, 5.41) is 13.7. The minimum Gasteiger partial charge on any atom is -0.463 e. The molecule has 0 unspecified atom stereocenters. The predicted octanol–water partition coefficient (Wildman–Crippen LogP) is 4.82. The van der Waals surface area contributed by atoms with Crippen LogP contribution >= 0.6 is 11.6 Å². The van der Waals surface area contributed by atoms with Crippen LogP contribution in [0.2, 0.25) is 5.15 Å². The minimum absolute atomic E-state index is 0.0694. The van der Waals surface area contributed by atoms with Crippen molar-refractivity contribution in [3.05, 3.63) is 50.7 Å². The zero-order chi connectivity index (χ0) is 25.5. The van der Waals surface area contributed by atoms with Gasteiger partial charge in [-0.05, 0) is 38.8 Å². The lowest BCUT2D eigenvalue weighted by atomic mass is 10.1. The molecule has 0 aliphatic carbocycles. The summed E-state index contributed by atoms with van der Waals surface area (Å²) in [7, 11) is 1.38. The first-order chi connectivity index (χ1) is 16.0. The molecule has 11 nitrogen and oxygen atoms in total. The second-order valence-electron chi connectivity index (χ2n) is 8.35. The highest BCUT2D eigenvalue weighted by molar-refractivity contribution is 6.32. The molecule has 184 valence electrons. The second-order valence-corrected chi connectivity index (χ2v) is 8.71. The highest BCUT2D eigenvalue weighted by atomic mass is 35.5. The van der Waals surface area contributed by atoms with E-state index in [1.165, 1.54) is 12.1 Å². The molecule has 0 fully saturated rings. The van der Waals surface area contributed by atoms with Crippen LogP contribution in [0.3, 0.4) is 0 Å². The van der Waals surface area contributed by atoms with Crippen molar-refractivity contribution in [1.29, 1.82) is 0 Å². The number of nitro groups is 1. The van der Waals surface area contributed by atoms with Gasteiger partial charge in [0.15, 0.2) is 0 Å². The van der Waals surface area contributed by atoms with Gasteiger partial charge in [-0.2, -0.15) is 9.97 Å². The molecule has 0 N–H and O–H groups in total. The van der Waals surface area contributed by atoms with E-state index >= 15 is 0 Å². The van der Waals surface area contributed by atoms with Crippen molar-refractivity contribution >= 4 is 35.5 Å². The Bertz CT molecular complexity index is 1040. The van der Waals surface area contributed by atoms with Gasteiger partial charge >= 0.3 is 17.8 Å². The van der Waals surface area contributed by atoms with Crippen LogP contribution in [-0.4, -0.2) is 51.5 Å². The van der Waals surface area contributed by atoms with E-state index in [4.69, 9.17) is 21.1 Å². The molecule has 1 heterocycles. The largest absolute Gasteiger partial charge is 0.463 e. The summed E-state index contributed by atoms with van der Waals surface area (Å²) in [6, 6.07) is 6.41. The molecule has 34 heavy (non-hydrogen) atoms. The Hall–Kier alpha value is -3.47. The van der Waals surface area contributed by atoms with Crippen molar-refractivity contribution in [3.8, 4) is 6.01 Å². The van der Waals surface area contributed by atoms with E-state index in [0.717, 1.165) is 11.4 Å². The molecule has 0 saturated carbocycles. The number of carbonyl (C=O) groups excluding carboxylic acids is 2. The standard InChI is InChI=1S/C22H28ClN5O6/c1-6-7-11-33-20-24-18(23)17(28(31)32)19(25-20)27(26(5)21(30)34-22(2,3)4)13-15-9-8-10-16(12-15)14-29/h8-10,12,14H,6-7,11,13H2,1-5H3. The lowest BCUT2D eigenvalue weighted by Gasteiger charge is -2.34. The molecular weight excluding hydrogens is 466 g/mol. The Morgan fingerprint density at radius 2 is 2.00 bits per heavy atom. The van der Waals surface area contributed by atoms with Crippen LogP contribution in [0.1, 0.15) is 56.5 Å². The van der Waals surface area contributed by atoms with Crippen LogP contribution in [-0.2, 0) is 11.3 Å². The Morgan fingerprint density at radius 3 is 2.59 bits per heavy atom. The number of carbonyl (C=O) groups is 2. The summed E-state index contributed by atoms with van der Waals surface area (Å²) < 4.78 is 11.0. The van der Waals surface area contributed by atoms with Crippen LogP contribution in [0.4, 0.5) is 16.3 Å². The van der Waals surface area contributed by atoms with Crippen LogP contribution in [0.15, 0.2) is 24.3 Å². The third-order valence-electron chi connectivity index (χ3n) is 4.40. The number of anilines is 1. The number of amides is 1. The quantitative estimate of drug-likeness (QED) is 0.150. The number of nitrogens with zero attached hydrogens (tertiary/aromatic N) is 5. The monoisotopic (exact) mass is 493 g/mol. The smallest absolute Gasteiger partial charge is 0.429 e. The molecular formula is C22H28ClN5O6. The number of halogens is 1. The fourth-order valence-electron chi connectivity index (χ4n) is 2.79. The Kier molecular flexibility index (Phi) is 9.13. The average Bonchev–Trinajstić information content (AvgIpc) is 2.75. The fraction of sp³-hybridized carbons (Fsp3) is 0.455. The topological polar surface area (TPSA) is 128 Å². The third kappa shape index (κ3) is 7.27. The van der Waals surface area contributed by atoms with Gasteiger partial charge in [0.05, 0.1) is 18.1 Å². The first-order valence-electron chi connectivity index (χ1n) is 10.6. The van der Waals surface area contributed by atoms with Gasteiger partial charge in [0.1, 0.15) is 11.9 Å². The number of hydrogen-bond acceptors (Lipinski definition) is 9. The summed E-state index contributed by atoms with van der Waals surface area (Å²) in [5.74, 6) is -0.263. The zero-order valence-electron chi connectivity index (χ0n) is 19.8. The lowest BCUT2D eigenvalue weighted by Crippen LogP contribution is -2.46. The van der Waals surface area contributed by atoms with Crippen LogP contribution in [0.25, 0.3) is 0 Å². The second kappa shape index (κ2) is 11.6. The number of ether oxygens (including phenoxy) is 2. The summed E-state index contributed by atoms with van der Waals surface area (Å²) in [6.07, 6.45) is 1.47. The minimum atomic E-state index is -0.821. The molecule has 2 rings (SSSR count). The highest BCUT2D eigenvalue weighted by Crippen LogP contribution is 2.35. The zero-order valence-corrected chi connectivity index (χ0v) is 20.5. The molecule has 1 aromatic carbocycles. The average molecular weight is 494 g/mol. The van der Waals surface area contributed by atoms with Gasteiger partial charge in [-0.1, -0.05) is 43.1 Å². The van der Waals surface area contributed by atoms with Crippen molar-refractivity contribution in [1.82, 2.24) is 15.0 Å². The molecule has 0 radical (unpaired) electrons. The number of aromatic nitrogens is 2. The number of unbranched alkanes of at least 4 members (excludes halogenated alkanes) is 1. The van der Waals surface area contributed by atoms with Gasteiger partial charge in [-0.25, -0.2) is 9.80 Å². The van der Waals surface area contributed by atoms with Crippen molar-refractivity contribution in [2.24, 2.45) is 0 Å². The Balaban J connectivity index is 2.62. The van der Waals surface area contributed by atoms with E-state index in [0.29, 0.717) is 23.8 Å². The van der Waals surface area contributed by atoms with Crippen LogP contribution in [0.5, 0.6) is 6.01 Å². The summed E-state index contributed by atoms with van der Waals surface area (Å²) in [4.78, 5) is 43.4. The molecule has 0 saturated heterocycles. The van der Waals surface area contributed by atoms with Crippen LogP contribution < -0.4 is 9.75 Å². The number of hydrogen-bond donors (Lipinski definition) is 0. The van der Waals surface area contributed by atoms with E-state index in [9.17, 15) is 19.7 Å². The molecule has 0 bridgehead atoms. The fourth-order valence-corrected chi connectivity index (χ4v) is 3.02. The maximum absolute atomic E-state index is 12.9. The number of benzene rings is 1. The van der Waals surface area contributed by atoms with Gasteiger partial charge < -0.3 is 9.47 Å². The molecule has 2 aromatic rings. The van der Waals surface area contributed by atoms with Gasteiger partial charge in [-0.15, -0.1) is 0 Å². The highest BCUT2D eigenvalue weighted by Gasteiger charge is 2.33. The third-order valence-corrected chi connectivity index (χ3v) is 4.66. The van der Waals surface area contributed by atoms with Gasteiger partial charge in [0.25, 0.3) is 0 Å². The van der Waals surface area contributed by atoms with E-state index in [-0.39, 0.29) is 25.0 Å². The molecule has 0 spiro atoms. The normalized spacial score (nSPS) is 11.0. The summed E-state index contributed by atoms with van der Waals surface area (Å²) >= 11 is 6.15. The molecule has 0 atom stereocenters. The molecule has 0 aliphatic rings. The van der Waals surface area contributed by atoms with Crippen molar-refractivity contribution in [2.75, 3.05) is 18.7 Å². The lowest BCUT2D eigenvalue weighted by molar-refractivity contribution is -0.384. The maximum Gasteiger partial charge on any atom is 0.429 e. The molecule has 0 aliphatic heterocycles.